The largest absolute Gasteiger partial charge is 0.333 e. The van der Waals surface area contributed by atoms with Crippen molar-refractivity contribution in [2.24, 2.45) is 11.0 Å². The van der Waals surface area contributed by atoms with Gasteiger partial charge in [0.25, 0.3) is 0 Å². The van der Waals surface area contributed by atoms with Crippen molar-refractivity contribution in [2.75, 3.05) is 19.1 Å². The molecule has 0 fully saturated rings. The van der Waals surface area contributed by atoms with Crippen LogP contribution in [0.15, 0.2) is 29.5 Å². The molecular formula is C9H16N4. The highest BCUT2D eigenvalue weighted by atomic mass is 15.5. The molecule has 4 nitrogen and oxygen atoms in total. The van der Waals surface area contributed by atoms with Crippen molar-refractivity contribution in [3.8, 4) is 0 Å². The minimum Gasteiger partial charge on any atom is -0.333 e. The van der Waals surface area contributed by atoms with Gasteiger partial charge in [0, 0.05) is 7.05 Å². The maximum absolute atomic E-state index is 6.75. The third kappa shape index (κ3) is 3.66. The summed E-state index contributed by atoms with van der Waals surface area (Å²) in [6, 6.07) is 7.87. The van der Waals surface area contributed by atoms with Crippen LogP contribution in [0.25, 0.3) is 0 Å². The Balaban J connectivity index is 0.000000671. The van der Waals surface area contributed by atoms with Crippen molar-refractivity contribution in [1.82, 2.24) is 0 Å². The predicted octanol–water partition coefficient (Wildman–Crippen LogP) is 1.95. The lowest BCUT2D eigenvalue weighted by Crippen LogP contribution is -2.05. The van der Waals surface area contributed by atoms with Crippen molar-refractivity contribution in [1.29, 1.82) is 5.53 Å². The van der Waals surface area contributed by atoms with Crippen molar-refractivity contribution < 1.29 is 0 Å². The summed E-state index contributed by atoms with van der Waals surface area (Å²) in [5.74, 6) is 0. The highest BCUT2D eigenvalue weighted by Crippen LogP contribution is 2.12. The van der Waals surface area contributed by atoms with Gasteiger partial charge in [0.2, 0.25) is 0 Å². The lowest BCUT2D eigenvalue weighted by molar-refractivity contribution is 0.878. The first kappa shape index (κ1) is 11.6. The molecule has 0 heterocycles. The molecule has 0 atom stereocenters. The van der Waals surface area contributed by atoms with Gasteiger partial charge < -0.3 is 5.73 Å². The molecule has 0 aliphatic carbocycles. The van der Waals surface area contributed by atoms with E-state index in [1.165, 1.54) is 17.6 Å². The zero-order chi connectivity index (χ0) is 10.3. The fourth-order valence-corrected chi connectivity index (χ4v) is 0.818. The van der Waals surface area contributed by atoms with E-state index in [1.807, 2.05) is 31.2 Å². The summed E-state index contributed by atoms with van der Waals surface area (Å²) in [6.45, 7) is 2.03. The second kappa shape index (κ2) is 6.14. The molecule has 0 bridgehead atoms. The van der Waals surface area contributed by atoms with Crippen molar-refractivity contribution in [3.63, 3.8) is 0 Å². The summed E-state index contributed by atoms with van der Waals surface area (Å²) in [6.07, 6.45) is 0. The fourth-order valence-electron chi connectivity index (χ4n) is 0.818. The SMILES string of the molecule is CN.Cc1ccc(N(C)N=N)cc1. The molecule has 1 aromatic rings. The number of anilines is 1. The Morgan fingerprint density at radius 1 is 1.23 bits per heavy atom. The zero-order valence-electron chi connectivity index (χ0n) is 8.28. The first-order valence-corrected chi connectivity index (χ1v) is 3.99. The lowest BCUT2D eigenvalue weighted by Gasteiger charge is -2.09. The monoisotopic (exact) mass is 180 g/mol. The van der Waals surface area contributed by atoms with Crippen molar-refractivity contribution in [3.05, 3.63) is 29.8 Å². The number of nitrogens with zero attached hydrogens (tertiary/aromatic N) is 2. The van der Waals surface area contributed by atoms with Gasteiger partial charge in [-0.25, -0.2) is 0 Å². The molecule has 1 rings (SSSR count). The summed E-state index contributed by atoms with van der Waals surface area (Å²) in [7, 11) is 3.25. The van der Waals surface area contributed by atoms with Gasteiger partial charge in [-0.15, -0.1) is 0 Å². The second-order valence-electron chi connectivity index (χ2n) is 2.46. The molecule has 0 aromatic heterocycles. The Labute approximate surface area is 78.8 Å². The molecular weight excluding hydrogens is 164 g/mol. The molecule has 4 heteroatoms. The van der Waals surface area contributed by atoms with E-state index < -0.39 is 0 Å². The summed E-state index contributed by atoms with van der Waals surface area (Å²) >= 11 is 0. The average Bonchev–Trinajstić information content (AvgIpc) is 2.21. The van der Waals surface area contributed by atoms with Gasteiger partial charge in [-0.05, 0) is 26.1 Å². The van der Waals surface area contributed by atoms with Crippen LogP contribution in [0.3, 0.4) is 0 Å². The lowest BCUT2D eigenvalue weighted by atomic mass is 10.2. The first-order valence-electron chi connectivity index (χ1n) is 3.99. The Kier molecular flexibility index (Phi) is 5.47. The molecule has 0 amide bonds. The van der Waals surface area contributed by atoms with Crippen LogP contribution in [-0.4, -0.2) is 14.1 Å². The molecule has 0 spiro atoms. The normalized spacial score (nSPS) is 8.31. The van der Waals surface area contributed by atoms with Crippen LogP contribution < -0.4 is 10.7 Å². The van der Waals surface area contributed by atoms with E-state index in [2.05, 4.69) is 11.0 Å². The fraction of sp³-hybridized carbons (Fsp3) is 0.333. The maximum atomic E-state index is 6.75. The number of hydrogen-bond acceptors (Lipinski definition) is 3. The molecule has 1 aromatic carbocycles. The van der Waals surface area contributed by atoms with Crippen LogP contribution >= 0.6 is 0 Å². The maximum Gasteiger partial charge on any atom is 0.0607 e. The number of benzene rings is 1. The molecule has 0 unspecified atom stereocenters. The van der Waals surface area contributed by atoms with Gasteiger partial charge in [0.05, 0.1) is 5.69 Å². The van der Waals surface area contributed by atoms with E-state index in [4.69, 9.17) is 5.53 Å². The summed E-state index contributed by atoms with van der Waals surface area (Å²) in [5.41, 5.74) is 13.4. The van der Waals surface area contributed by atoms with Crippen LogP contribution in [0.5, 0.6) is 0 Å². The first-order chi connectivity index (χ1) is 6.24. The number of aryl methyl sites for hydroxylation is 1. The van der Waals surface area contributed by atoms with Crippen molar-refractivity contribution in [2.45, 2.75) is 6.92 Å². The summed E-state index contributed by atoms with van der Waals surface area (Å²) < 4.78 is 0. The minimum atomic E-state index is 0.936. The molecule has 72 valence electrons. The molecule has 13 heavy (non-hydrogen) atoms. The Hall–Kier alpha value is -1.42. The van der Waals surface area contributed by atoms with E-state index in [0.717, 1.165) is 5.69 Å². The topological polar surface area (TPSA) is 65.5 Å². The summed E-state index contributed by atoms with van der Waals surface area (Å²) in [4.78, 5) is 0. The Morgan fingerprint density at radius 2 is 1.69 bits per heavy atom. The minimum absolute atomic E-state index is 0.936. The molecule has 0 aliphatic rings. The van der Waals surface area contributed by atoms with Crippen LogP contribution in [-0.2, 0) is 0 Å². The van der Waals surface area contributed by atoms with E-state index in [1.54, 1.807) is 7.05 Å². The van der Waals surface area contributed by atoms with Crippen LogP contribution in [0.2, 0.25) is 0 Å². The van der Waals surface area contributed by atoms with Crippen LogP contribution in [0.1, 0.15) is 5.56 Å². The van der Waals surface area contributed by atoms with Gasteiger partial charge in [-0.1, -0.05) is 22.9 Å². The zero-order valence-corrected chi connectivity index (χ0v) is 8.28. The number of nitrogens with one attached hydrogen (secondary N) is 1. The highest BCUT2D eigenvalue weighted by molar-refractivity contribution is 5.45. The Morgan fingerprint density at radius 3 is 2.08 bits per heavy atom. The molecule has 0 saturated heterocycles. The smallest absolute Gasteiger partial charge is 0.0607 e. The van der Waals surface area contributed by atoms with Gasteiger partial charge in [0.1, 0.15) is 0 Å². The van der Waals surface area contributed by atoms with Gasteiger partial charge in [-0.3, -0.25) is 5.01 Å². The quantitative estimate of drug-likeness (QED) is 0.539. The molecule has 0 saturated carbocycles. The standard InChI is InChI=1S/C8H11N3.CH5N/c1-7-3-5-8(6-4-7)11(2)10-9;1-2/h3-6,9H,1-2H3;2H2,1H3. The average molecular weight is 180 g/mol. The second-order valence-corrected chi connectivity index (χ2v) is 2.46. The van der Waals surface area contributed by atoms with Crippen LogP contribution in [0, 0.1) is 12.5 Å². The van der Waals surface area contributed by atoms with Crippen LogP contribution in [0.4, 0.5) is 5.69 Å². The molecule has 3 N–H and O–H groups in total. The van der Waals surface area contributed by atoms with Crippen molar-refractivity contribution >= 4 is 5.69 Å². The highest BCUT2D eigenvalue weighted by Gasteiger charge is 1.95. The van der Waals surface area contributed by atoms with E-state index in [9.17, 15) is 0 Å². The number of nitrogens with two attached hydrogens (primary N) is 1. The molecule has 0 radical (unpaired) electrons. The Bertz CT molecular complexity index is 242. The van der Waals surface area contributed by atoms with Gasteiger partial charge >= 0.3 is 0 Å². The number of hydrogen-bond donors (Lipinski definition) is 2. The van der Waals surface area contributed by atoms with E-state index in [0.29, 0.717) is 0 Å². The predicted molar refractivity (Wildman–Crippen MR) is 54.8 cm³/mol. The molecule has 0 aliphatic heterocycles. The number of rotatable bonds is 2. The van der Waals surface area contributed by atoms with Gasteiger partial charge in [-0.2, -0.15) is 5.53 Å². The third-order valence-corrected chi connectivity index (χ3v) is 1.56. The van der Waals surface area contributed by atoms with E-state index in [-0.39, 0.29) is 0 Å². The summed E-state index contributed by atoms with van der Waals surface area (Å²) in [5, 5.41) is 4.79. The third-order valence-electron chi connectivity index (χ3n) is 1.56. The van der Waals surface area contributed by atoms with E-state index >= 15 is 0 Å². The van der Waals surface area contributed by atoms with Gasteiger partial charge in [0.15, 0.2) is 0 Å².